The smallest absolute Gasteiger partial charge is 0.261 e. The number of imide groups is 1. The molecule has 1 saturated heterocycles. The molecule has 0 aliphatic carbocycles. The number of nitrogens with zero attached hydrogens (tertiary/aromatic N) is 2. The van der Waals surface area contributed by atoms with E-state index in [2.05, 4.69) is 22.5 Å². The Bertz CT molecular complexity index is 929. The van der Waals surface area contributed by atoms with Crippen molar-refractivity contribution in [1.82, 2.24) is 20.5 Å². The number of piperidine rings is 1. The summed E-state index contributed by atoms with van der Waals surface area (Å²) in [5, 5.41) is 6.36. The van der Waals surface area contributed by atoms with Crippen molar-refractivity contribution < 1.29 is 14.4 Å². The molecule has 2 aliphatic heterocycles. The second-order valence-corrected chi connectivity index (χ2v) is 7.36. The fourth-order valence-corrected chi connectivity index (χ4v) is 3.73. The van der Waals surface area contributed by atoms with Crippen molar-refractivity contribution in [3.63, 3.8) is 0 Å². The number of fused-ring (bicyclic) bond motifs is 1. The quantitative estimate of drug-likeness (QED) is 0.789. The summed E-state index contributed by atoms with van der Waals surface area (Å²) in [5.41, 5.74) is 1.84. The van der Waals surface area contributed by atoms with Crippen LogP contribution in [0, 0.1) is 5.92 Å². The predicted molar refractivity (Wildman–Crippen MR) is 103 cm³/mol. The van der Waals surface area contributed by atoms with Crippen LogP contribution in [-0.4, -0.2) is 46.7 Å². The van der Waals surface area contributed by atoms with Crippen LogP contribution < -0.4 is 10.6 Å². The van der Waals surface area contributed by atoms with Crippen LogP contribution >= 0.6 is 0 Å². The minimum Gasteiger partial charge on any atom is -0.349 e. The lowest BCUT2D eigenvalue weighted by Gasteiger charge is -2.30. The van der Waals surface area contributed by atoms with E-state index in [9.17, 15) is 14.4 Å². The lowest BCUT2D eigenvalue weighted by atomic mass is 9.95. The zero-order chi connectivity index (χ0) is 19.7. The number of hydrogen-bond acceptors (Lipinski definition) is 5. The number of pyridine rings is 1. The third kappa shape index (κ3) is 3.41. The van der Waals surface area contributed by atoms with Crippen molar-refractivity contribution in [2.45, 2.75) is 25.9 Å². The number of carbonyl (C=O) groups excluding carboxylic acids is 3. The summed E-state index contributed by atoms with van der Waals surface area (Å²) in [6.45, 7) is 4.02. The average Bonchev–Trinajstić information content (AvgIpc) is 2.95. The summed E-state index contributed by atoms with van der Waals surface area (Å²) in [7, 11) is 0. The number of carbonyl (C=O) groups is 3. The van der Waals surface area contributed by atoms with Crippen LogP contribution in [0.2, 0.25) is 0 Å². The van der Waals surface area contributed by atoms with Gasteiger partial charge in [-0.1, -0.05) is 6.92 Å². The Morgan fingerprint density at radius 1 is 1.18 bits per heavy atom. The van der Waals surface area contributed by atoms with Gasteiger partial charge in [0, 0.05) is 24.0 Å². The maximum atomic E-state index is 12.8. The van der Waals surface area contributed by atoms with E-state index in [1.807, 2.05) is 0 Å². The number of amides is 3. The van der Waals surface area contributed by atoms with Crippen LogP contribution in [0.3, 0.4) is 0 Å². The first-order valence-electron chi connectivity index (χ1n) is 9.45. The number of hydrogen-bond donors (Lipinski definition) is 2. The molecular weight excluding hydrogens is 356 g/mol. The molecule has 0 spiro atoms. The molecule has 4 rings (SSSR count). The maximum absolute atomic E-state index is 12.8. The Kier molecular flexibility index (Phi) is 4.92. The van der Waals surface area contributed by atoms with Gasteiger partial charge in [0.1, 0.15) is 0 Å². The normalized spacial score (nSPS) is 21.5. The van der Waals surface area contributed by atoms with Gasteiger partial charge in [-0.25, -0.2) is 0 Å². The summed E-state index contributed by atoms with van der Waals surface area (Å²) < 4.78 is 0. The summed E-state index contributed by atoms with van der Waals surface area (Å²) in [4.78, 5) is 43.2. The van der Waals surface area contributed by atoms with Crippen molar-refractivity contribution in [3.8, 4) is 0 Å². The molecule has 3 amide bonds. The summed E-state index contributed by atoms with van der Waals surface area (Å²) in [6, 6.07) is 8.35. The van der Waals surface area contributed by atoms with Gasteiger partial charge in [-0.2, -0.15) is 0 Å². The van der Waals surface area contributed by atoms with E-state index in [0.717, 1.165) is 25.1 Å². The fraction of sp³-hybridized carbons (Fsp3) is 0.333. The standard InChI is InChI=1S/C21H22N4O3/c1-13-11-23-9-6-18(13)24-19(26)15-2-3-16-17(10-15)21(28)25(20(16)27)12-14-4-7-22-8-5-14/h2-5,7-8,10,13,18,23H,6,9,11-12H2,1H3,(H,24,26). The molecule has 3 heterocycles. The number of rotatable bonds is 4. The highest BCUT2D eigenvalue weighted by atomic mass is 16.2. The van der Waals surface area contributed by atoms with Crippen LogP contribution in [0.5, 0.6) is 0 Å². The minimum absolute atomic E-state index is 0.0996. The molecule has 0 saturated carbocycles. The number of aromatic nitrogens is 1. The van der Waals surface area contributed by atoms with Gasteiger partial charge in [-0.15, -0.1) is 0 Å². The van der Waals surface area contributed by atoms with Gasteiger partial charge in [0.05, 0.1) is 17.7 Å². The minimum atomic E-state index is -0.373. The van der Waals surface area contributed by atoms with Crippen molar-refractivity contribution in [2.24, 2.45) is 5.92 Å². The zero-order valence-corrected chi connectivity index (χ0v) is 15.6. The number of benzene rings is 1. The summed E-state index contributed by atoms with van der Waals surface area (Å²) in [6.07, 6.45) is 4.12. The first-order chi connectivity index (χ1) is 13.5. The van der Waals surface area contributed by atoms with Crippen molar-refractivity contribution in [2.75, 3.05) is 13.1 Å². The molecule has 1 fully saturated rings. The monoisotopic (exact) mass is 378 g/mol. The van der Waals surface area contributed by atoms with Gasteiger partial charge in [-0.05, 0) is 61.3 Å². The molecule has 7 nitrogen and oxygen atoms in total. The lowest BCUT2D eigenvalue weighted by molar-refractivity contribution is 0.0642. The van der Waals surface area contributed by atoms with E-state index in [4.69, 9.17) is 0 Å². The molecular formula is C21H22N4O3. The van der Waals surface area contributed by atoms with Crippen LogP contribution in [0.1, 0.15) is 50.0 Å². The fourth-order valence-electron chi connectivity index (χ4n) is 3.73. The van der Waals surface area contributed by atoms with E-state index in [1.165, 1.54) is 11.0 Å². The third-order valence-corrected chi connectivity index (χ3v) is 5.42. The largest absolute Gasteiger partial charge is 0.349 e. The molecule has 28 heavy (non-hydrogen) atoms. The molecule has 0 radical (unpaired) electrons. The van der Waals surface area contributed by atoms with Crippen LogP contribution in [0.25, 0.3) is 0 Å². The second kappa shape index (κ2) is 7.52. The number of nitrogens with one attached hydrogen (secondary N) is 2. The predicted octanol–water partition coefficient (Wildman–Crippen LogP) is 1.61. The van der Waals surface area contributed by atoms with Gasteiger partial charge in [-0.3, -0.25) is 24.3 Å². The Hall–Kier alpha value is -3.06. The highest BCUT2D eigenvalue weighted by molar-refractivity contribution is 6.22. The van der Waals surface area contributed by atoms with Gasteiger partial charge >= 0.3 is 0 Å². The Morgan fingerprint density at radius 2 is 1.93 bits per heavy atom. The van der Waals surface area contributed by atoms with Crippen LogP contribution in [0.15, 0.2) is 42.7 Å². The van der Waals surface area contributed by atoms with Gasteiger partial charge in [0.25, 0.3) is 17.7 Å². The highest BCUT2D eigenvalue weighted by Crippen LogP contribution is 2.26. The first kappa shape index (κ1) is 18.3. The molecule has 2 atom stereocenters. The molecule has 0 bridgehead atoms. The van der Waals surface area contributed by atoms with E-state index < -0.39 is 0 Å². The second-order valence-electron chi connectivity index (χ2n) is 7.36. The molecule has 2 unspecified atom stereocenters. The molecule has 1 aromatic heterocycles. The molecule has 2 aliphatic rings. The Labute approximate surface area is 163 Å². The van der Waals surface area contributed by atoms with E-state index >= 15 is 0 Å². The van der Waals surface area contributed by atoms with Gasteiger partial charge in [0.2, 0.25) is 0 Å². The summed E-state index contributed by atoms with van der Waals surface area (Å²) in [5.74, 6) is -0.585. The molecule has 7 heteroatoms. The Balaban J connectivity index is 1.52. The SMILES string of the molecule is CC1CNCCC1NC(=O)c1ccc2c(c1)C(=O)N(Cc1ccncc1)C2=O. The molecule has 2 N–H and O–H groups in total. The van der Waals surface area contributed by atoms with E-state index in [1.54, 1.807) is 36.7 Å². The Morgan fingerprint density at radius 3 is 2.68 bits per heavy atom. The van der Waals surface area contributed by atoms with Gasteiger partial charge in [0.15, 0.2) is 0 Å². The lowest BCUT2D eigenvalue weighted by Crippen LogP contribution is -2.48. The molecule has 2 aromatic rings. The third-order valence-electron chi connectivity index (χ3n) is 5.42. The van der Waals surface area contributed by atoms with Crippen LogP contribution in [0.4, 0.5) is 0 Å². The highest BCUT2D eigenvalue weighted by Gasteiger charge is 2.36. The van der Waals surface area contributed by atoms with Gasteiger partial charge < -0.3 is 10.6 Å². The van der Waals surface area contributed by atoms with Crippen molar-refractivity contribution in [3.05, 3.63) is 65.0 Å². The molecule has 144 valence electrons. The summed E-state index contributed by atoms with van der Waals surface area (Å²) >= 11 is 0. The van der Waals surface area contributed by atoms with E-state index in [0.29, 0.717) is 17.0 Å². The van der Waals surface area contributed by atoms with E-state index in [-0.39, 0.29) is 35.9 Å². The van der Waals surface area contributed by atoms with Crippen molar-refractivity contribution >= 4 is 17.7 Å². The average molecular weight is 378 g/mol. The maximum Gasteiger partial charge on any atom is 0.261 e. The molecule has 1 aromatic carbocycles. The van der Waals surface area contributed by atoms with Crippen molar-refractivity contribution in [1.29, 1.82) is 0 Å². The first-order valence-corrected chi connectivity index (χ1v) is 9.45. The zero-order valence-electron chi connectivity index (χ0n) is 15.6. The van der Waals surface area contributed by atoms with Crippen LogP contribution in [-0.2, 0) is 6.54 Å². The topological polar surface area (TPSA) is 91.4 Å².